The zero-order valence-corrected chi connectivity index (χ0v) is 18.0. The molecule has 28 heavy (non-hydrogen) atoms. The molecule has 7 heteroatoms. The smallest absolute Gasteiger partial charge is 0.161 e. The predicted octanol–water partition coefficient (Wildman–Crippen LogP) is 4.09. The number of ether oxygens (including phenoxy) is 2. The lowest BCUT2D eigenvalue weighted by Crippen LogP contribution is -2.27. The van der Waals surface area contributed by atoms with E-state index in [1.807, 2.05) is 18.2 Å². The van der Waals surface area contributed by atoms with Crippen LogP contribution in [0.25, 0.3) is 0 Å². The van der Waals surface area contributed by atoms with Gasteiger partial charge in [0.05, 0.1) is 14.2 Å². The van der Waals surface area contributed by atoms with Crippen molar-refractivity contribution in [2.75, 3.05) is 14.2 Å². The summed E-state index contributed by atoms with van der Waals surface area (Å²) in [5.41, 5.74) is 7.21. The van der Waals surface area contributed by atoms with Crippen LogP contribution in [0.15, 0.2) is 18.2 Å². The maximum absolute atomic E-state index is 6.09. The van der Waals surface area contributed by atoms with Crippen LogP contribution >= 0.6 is 12.4 Å². The Bertz CT molecular complexity index is 742. The van der Waals surface area contributed by atoms with E-state index in [9.17, 15) is 0 Å². The molecule has 1 aromatic carbocycles. The van der Waals surface area contributed by atoms with Crippen LogP contribution in [0.1, 0.15) is 68.6 Å². The standard InChI is InChI=1S/C21H32N4O2.ClH/c1-4-5-12-25-21(16-7-9-17(22)10-8-16)23-20(24-25)14-15-6-11-18(26-2)19(13-15)27-3;/h6,11,13,16-17H,4-5,7-10,12,14,22H2,1-3H3;1H. The fourth-order valence-electron chi connectivity index (χ4n) is 3.80. The topological polar surface area (TPSA) is 75.2 Å². The summed E-state index contributed by atoms with van der Waals surface area (Å²) >= 11 is 0. The van der Waals surface area contributed by atoms with Crippen LogP contribution in [0.5, 0.6) is 11.5 Å². The third-order valence-electron chi connectivity index (χ3n) is 5.41. The molecular weight excluding hydrogens is 376 g/mol. The summed E-state index contributed by atoms with van der Waals surface area (Å²) in [4.78, 5) is 4.94. The second-order valence-electron chi connectivity index (χ2n) is 7.44. The maximum atomic E-state index is 6.09. The van der Waals surface area contributed by atoms with Gasteiger partial charge in [-0.15, -0.1) is 12.4 Å². The van der Waals surface area contributed by atoms with E-state index in [2.05, 4.69) is 11.6 Å². The Morgan fingerprint density at radius 2 is 1.82 bits per heavy atom. The van der Waals surface area contributed by atoms with Gasteiger partial charge in [0, 0.05) is 24.9 Å². The number of aromatic nitrogens is 3. The van der Waals surface area contributed by atoms with Crippen LogP contribution in [-0.4, -0.2) is 35.0 Å². The van der Waals surface area contributed by atoms with E-state index in [0.29, 0.717) is 18.4 Å². The number of unbranched alkanes of at least 4 members (excludes halogenated alkanes) is 1. The second-order valence-corrected chi connectivity index (χ2v) is 7.44. The molecule has 2 aromatic rings. The minimum atomic E-state index is 0. The molecule has 0 aliphatic heterocycles. The van der Waals surface area contributed by atoms with Crippen molar-refractivity contribution < 1.29 is 9.47 Å². The Kier molecular flexibility index (Phi) is 8.58. The molecule has 2 N–H and O–H groups in total. The molecule has 0 saturated heterocycles. The molecule has 1 fully saturated rings. The number of hydrogen-bond acceptors (Lipinski definition) is 5. The Hall–Kier alpha value is -1.79. The molecular formula is C21H33ClN4O2. The van der Waals surface area contributed by atoms with E-state index in [1.165, 1.54) is 0 Å². The van der Waals surface area contributed by atoms with Crippen LogP contribution in [0, 0.1) is 0 Å². The van der Waals surface area contributed by atoms with E-state index in [-0.39, 0.29) is 12.4 Å². The van der Waals surface area contributed by atoms with E-state index in [1.54, 1.807) is 14.2 Å². The lowest BCUT2D eigenvalue weighted by Gasteiger charge is -2.25. The molecule has 0 atom stereocenters. The van der Waals surface area contributed by atoms with E-state index >= 15 is 0 Å². The fourth-order valence-corrected chi connectivity index (χ4v) is 3.80. The molecule has 0 bridgehead atoms. The minimum Gasteiger partial charge on any atom is -0.493 e. The Morgan fingerprint density at radius 3 is 2.46 bits per heavy atom. The lowest BCUT2D eigenvalue weighted by molar-refractivity contribution is 0.354. The van der Waals surface area contributed by atoms with Crippen molar-refractivity contribution in [1.82, 2.24) is 14.8 Å². The number of nitrogens with zero attached hydrogens (tertiary/aromatic N) is 3. The minimum absolute atomic E-state index is 0. The molecule has 0 radical (unpaired) electrons. The summed E-state index contributed by atoms with van der Waals surface area (Å²) < 4.78 is 12.9. The number of benzene rings is 1. The highest BCUT2D eigenvalue weighted by atomic mass is 35.5. The van der Waals surface area contributed by atoms with Crippen molar-refractivity contribution in [3.63, 3.8) is 0 Å². The van der Waals surface area contributed by atoms with Crippen molar-refractivity contribution in [1.29, 1.82) is 0 Å². The van der Waals surface area contributed by atoms with Gasteiger partial charge in [0.1, 0.15) is 5.82 Å². The van der Waals surface area contributed by atoms with Gasteiger partial charge in [-0.05, 0) is 49.8 Å². The predicted molar refractivity (Wildman–Crippen MR) is 114 cm³/mol. The number of halogens is 1. The first kappa shape index (κ1) is 22.5. The first-order valence-corrected chi connectivity index (χ1v) is 10.0. The van der Waals surface area contributed by atoms with Gasteiger partial charge in [0.25, 0.3) is 0 Å². The average molecular weight is 409 g/mol. The molecule has 0 amide bonds. The lowest BCUT2D eigenvalue weighted by atomic mass is 9.86. The van der Waals surface area contributed by atoms with E-state index in [4.69, 9.17) is 25.3 Å². The summed E-state index contributed by atoms with van der Waals surface area (Å²) in [5, 5.41) is 4.84. The molecule has 1 aromatic heterocycles. The average Bonchev–Trinajstić information content (AvgIpc) is 3.09. The summed E-state index contributed by atoms with van der Waals surface area (Å²) in [7, 11) is 3.31. The van der Waals surface area contributed by atoms with Gasteiger partial charge in [0.2, 0.25) is 0 Å². The fraction of sp³-hybridized carbons (Fsp3) is 0.619. The summed E-state index contributed by atoms with van der Waals surface area (Å²) in [6.45, 7) is 3.15. The Morgan fingerprint density at radius 1 is 1.11 bits per heavy atom. The van der Waals surface area contributed by atoms with Gasteiger partial charge in [-0.3, -0.25) is 0 Å². The van der Waals surface area contributed by atoms with Crippen molar-refractivity contribution in [3.8, 4) is 11.5 Å². The van der Waals surface area contributed by atoms with Crippen molar-refractivity contribution in [2.45, 2.75) is 70.4 Å². The van der Waals surface area contributed by atoms with Crippen LogP contribution in [0.4, 0.5) is 0 Å². The van der Waals surface area contributed by atoms with Gasteiger partial charge in [-0.25, -0.2) is 9.67 Å². The molecule has 1 saturated carbocycles. The highest BCUT2D eigenvalue weighted by Gasteiger charge is 2.25. The number of nitrogens with two attached hydrogens (primary N) is 1. The number of aryl methyl sites for hydroxylation is 1. The van der Waals surface area contributed by atoms with Crippen LogP contribution in [0.3, 0.4) is 0 Å². The first-order valence-electron chi connectivity index (χ1n) is 10.0. The highest BCUT2D eigenvalue weighted by Crippen LogP contribution is 2.32. The summed E-state index contributed by atoms with van der Waals surface area (Å²) in [6.07, 6.45) is 7.35. The largest absolute Gasteiger partial charge is 0.493 e. The molecule has 6 nitrogen and oxygen atoms in total. The summed E-state index contributed by atoms with van der Waals surface area (Å²) in [6, 6.07) is 6.34. The maximum Gasteiger partial charge on any atom is 0.161 e. The third kappa shape index (κ3) is 5.39. The van der Waals surface area contributed by atoms with Crippen molar-refractivity contribution >= 4 is 12.4 Å². The zero-order chi connectivity index (χ0) is 19.2. The second kappa shape index (κ2) is 10.7. The van der Waals surface area contributed by atoms with E-state index in [0.717, 1.165) is 73.8 Å². The number of methoxy groups -OCH3 is 2. The van der Waals surface area contributed by atoms with Gasteiger partial charge in [-0.1, -0.05) is 19.4 Å². The highest BCUT2D eigenvalue weighted by molar-refractivity contribution is 5.85. The molecule has 1 aliphatic rings. The van der Waals surface area contributed by atoms with E-state index < -0.39 is 0 Å². The monoisotopic (exact) mass is 408 g/mol. The van der Waals surface area contributed by atoms with Gasteiger partial charge in [-0.2, -0.15) is 5.10 Å². The van der Waals surface area contributed by atoms with Crippen LogP contribution < -0.4 is 15.2 Å². The molecule has 0 spiro atoms. The summed E-state index contributed by atoms with van der Waals surface area (Å²) in [5.74, 6) is 3.98. The first-order chi connectivity index (χ1) is 13.1. The van der Waals surface area contributed by atoms with Gasteiger partial charge < -0.3 is 15.2 Å². The Labute approximate surface area is 174 Å². The molecule has 156 valence electrons. The molecule has 1 aliphatic carbocycles. The zero-order valence-electron chi connectivity index (χ0n) is 17.2. The number of hydrogen-bond donors (Lipinski definition) is 1. The molecule has 3 rings (SSSR count). The van der Waals surface area contributed by atoms with Crippen LogP contribution in [0.2, 0.25) is 0 Å². The molecule has 1 heterocycles. The quantitative estimate of drug-likeness (QED) is 0.711. The SMILES string of the molecule is CCCCn1nc(Cc2ccc(OC)c(OC)c2)nc1C1CCC(N)CC1.Cl. The number of rotatable bonds is 8. The van der Waals surface area contributed by atoms with Crippen molar-refractivity contribution in [2.24, 2.45) is 5.73 Å². The van der Waals surface area contributed by atoms with Gasteiger partial charge in [0.15, 0.2) is 17.3 Å². The van der Waals surface area contributed by atoms with Crippen LogP contribution in [-0.2, 0) is 13.0 Å². The Balaban J connectivity index is 0.00000280. The third-order valence-corrected chi connectivity index (χ3v) is 5.41. The normalized spacial score (nSPS) is 19.1. The van der Waals surface area contributed by atoms with Crippen molar-refractivity contribution in [3.05, 3.63) is 35.4 Å². The van der Waals surface area contributed by atoms with Gasteiger partial charge >= 0.3 is 0 Å². The molecule has 0 unspecified atom stereocenters.